The number of nitrogens with zero attached hydrogens (tertiary/aromatic N) is 1. The fourth-order valence-corrected chi connectivity index (χ4v) is 3.08. The van der Waals surface area contributed by atoms with Gasteiger partial charge in [0.2, 0.25) is 5.91 Å². The third-order valence-electron chi connectivity index (χ3n) is 3.83. The van der Waals surface area contributed by atoms with Crippen molar-refractivity contribution in [2.75, 3.05) is 18.6 Å². The number of hydrogen-bond donors (Lipinski definition) is 1. The quantitative estimate of drug-likeness (QED) is 0.838. The molecule has 1 saturated heterocycles. The molecule has 3 unspecified atom stereocenters. The molecule has 0 radical (unpaired) electrons. The SMILES string of the molecule is CSCC[C@H](N)C(=O)N1CC(C)CC(C)C1C. The Labute approximate surface area is 109 Å². The molecule has 0 aromatic heterocycles. The Morgan fingerprint density at radius 2 is 2.12 bits per heavy atom. The van der Waals surface area contributed by atoms with Gasteiger partial charge in [0, 0.05) is 12.6 Å². The van der Waals surface area contributed by atoms with Gasteiger partial charge < -0.3 is 10.6 Å². The number of carbonyl (C=O) groups is 1. The zero-order chi connectivity index (χ0) is 13.0. The van der Waals surface area contributed by atoms with Crippen LogP contribution in [0.1, 0.15) is 33.6 Å². The Balaban J connectivity index is 2.60. The maximum atomic E-state index is 12.3. The van der Waals surface area contributed by atoms with Crippen molar-refractivity contribution in [3.63, 3.8) is 0 Å². The van der Waals surface area contributed by atoms with Gasteiger partial charge in [-0.25, -0.2) is 0 Å². The first kappa shape index (κ1) is 14.8. The Morgan fingerprint density at radius 3 is 2.71 bits per heavy atom. The lowest BCUT2D eigenvalue weighted by atomic mass is 9.85. The number of thioether (sulfide) groups is 1. The Hall–Kier alpha value is -0.220. The van der Waals surface area contributed by atoms with Crippen LogP contribution < -0.4 is 5.73 Å². The van der Waals surface area contributed by atoms with E-state index in [2.05, 4.69) is 20.8 Å². The van der Waals surface area contributed by atoms with Crippen LogP contribution in [0.15, 0.2) is 0 Å². The summed E-state index contributed by atoms with van der Waals surface area (Å²) in [7, 11) is 0. The van der Waals surface area contributed by atoms with Gasteiger partial charge >= 0.3 is 0 Å². The molecule has 1 amide bonds. The highest BCUT2D eigenvalue weighted by molar-refractivity contribution is 7.98. The highest BCUT2D eigenvalue weighted by atomic mass is 32.2. The molecule has 0 aliphatic carbocycles. The Bertz CT molecular complexity index is 260. The van der Waals surface area contributed by atoms with Gasteiger partial charge in [0.25, 0.3) is 0 Å². The average molecular weight is 258 g/mol. The van der Waals surface area contributed by atoms with Crippen molar-refractivity contribution in [2.24, 2.45) is 17.6 Å². The van der Waals surface area contributed by atoms with E-state index in [1.165, 1.54) is 6.42 Å². The molecular formula is C13H26N2OS. The van der Waals surface area contributed by atoms with Crippen LogP contribution in [0, 0.1) is 11.8 Å². The predicted octanol–water partition coefficient (Wildman–Crippen LogP) is 1.96. The third kappa shape index (κ3) is 3.88. The molecule has 0 aromatic rings. The molecule has 1 fully saturated rings. The average Bonchev–Trinajstić information content (AvgIpc) is 2.29. The van der Waals surface area contributed by atoms with Gasteiger partial charge in [0.05, 0.1) is 6.04 Å². The predicted molar refractivity (Wildman–Crippen MR) is 75.1 cm³/mol. The second-order valence-electron chi connectivity index (χ2n) is 5.44. The first-order valence-electron chi connectivity index (χ1n) is 6.52. The zero-order valence-electron chi connectivity index (χ0n) is 11.5. The van der Waals surface area contributed by atoms with Crippen LogP contribution >= 0.6 is 11.8 Å². The lowest BCUT2D eigenvalue weighted by Crippen LogP contribution is -2.54. The van der Waals surface area contributed by atoms with Crippen LogP contribution in [0.25, 0.3) is 0 Å². The van der Waals surface area contributed by atoms with E-state index in [9.17, 15) is 4.79 Å². The second kappa shape index (κ2) is 6.64. The maximum absolute atomic E-state index is 12.3. The largest absolute Gasteiger partial charge is 0.338 e. The first-order valence-corrected chi connectivity index (χ1v) is 7.91. The molecule has 0 bridgehead atoms. The van der Waals surface area contributed by atoms with E-state index in [1.807, 2.05) is 11.2 Å². The standard InChI is InChI=1S/C13H26N2OS/c1-9-7-10(2)11(3)15(8-9)13(16)12(14)5-6-17-4/h9-12H,5-8,14H2,1-4H3/t9?,10?,11?,12-/m0/s1. The topological polar surface area (TPSA) is 46.3 Å². The molecule has 2 N–H and O–H groups in total. The summed E-state index contributed by atoms with van der Waals surface area (Å²) in [6, 6.07) is 0.0152. The van der Waals surface area contributed by atoms with Gasteiger partial charge in [-0.3, -0.25) is 4.79 Å². The molecule has 3 nitrogen and oxygen atoms in total. The summed E-state index contributed by atoms with van der Waals surface area (Å²) < 4.78 is 0. The fraction of sp³-hybridized carbons (Fsp3) is 0.923. The van der Waals surface area contributed by atoms with E-state index in [0.29, 0.717) is 17.9 Å². The molecule has 1 aliphatic rings. The molecule has 100 valence electrons. The van der Waals surface area contributed by atoms with E-state index in [4.69, 9.17) is 5.73 Å². The van der Waals surface area contributed by atoms with E-state index < -0.39 is 0 Å². The van der Waals surface area contributed by atoms with E-state index >= 15 is 0 Å². The Morgan fingerprint density at radius 1 is 1.47 bits per heavy atom. The van der Waals surface area contributed by atoms with Crippen molar-refractivity contribution in [2.45, 2.75) is 45.7 Å². The van der Waals surface area contributed by atoms with Gasteiger partial charge in [-0.05, 0) is 43.6 Å². The molecule has 1 heterocycles. The number of likely N-dealkylation sites (tertiary alicyclic amines) is 1. The lowest BCUT2D eigenvalue weighted by molar-refractivity contribution is -0.138. The summed E-state index contributed by atoms with van der Waals surface area (Å²) in [4.78, 5) is 14.3. The molecule has 4 heteroatoms. The number of nitrogens with two attached hydrogens (primary N) is 1. The summed E-state index contributed by atoms with van der Waals surface area (Å²) >= 11 is 1.75. The number of hydrogen-bond acceptors (Lipinski definition) is 3. The lowest BCUT2D eigenvalue weighted by Gasteiger charge is -2.42. The molecule has 0 saturated carbocycles. The van der Waals surface area contributed by atoms with Gasteiger partial charge in [0.1, 0.15) is 0 Å². The zero-order valence-corrected chi connectivity index (χ0v) is 12.3. The van der Waals surface area contributed by atoms with Crippen LogP contribution in [0.5, 0.6) is 0 Å². The molecular weight excluding hydrogens is 232 g/mol. The molecule has 0 spiro atoms. The first-order chi connectivity index (χ1) is 7.97. The van der Waals surface area contributed by atoms with E-state index in [0.717, 1.165) is 18.7 Å². The van der Waals surface area contributed by atoms with Crippen molar-refractivity contribution in [1.82, 2.24) is 4.90 Å². The third-order valence-corrected chi connectivity index (χ3v) is 4.47. The number of piperidine rings is 1. The van der Waals surface area contributed by atoms with Crippen LogP contribution in [0.2, 0.25) is 0 Å². The van der Waals surface area contributed by atoms with Crippen LogP contribution in [-0.4, -0.2) is 41.4 Å². The van der Waals surface area contributed by atoms with E-state index in [-0.39, 0.29) is 11.9 Å². The van der Waals surface area contributed by atoms with Crippen LogP contribution in [0.4, 0.5) is 0 Å². The van der Waals surface area contributed by atoms with Crippen molar-refractivity contribution < 1.29 is 4.79 Å². The summed E-state index contributed by atoms with van der Waals surface area (Å²) in [5.41, 5.74) is 5.98. The smallest absolute Gasteiger partial charge is 0.239 e. The van der Waals surface area contributed by atoms with Crippen LogP contribution in [-0.2, 0) is 4.79 Å². The van der Waals surface area contributed by atoms with E-state index in [1.54, 1.807) is 11.8 Å². The minimum Gasteiger partial charge on any atom is -0.338 e. The van der Waals surface area contributed by atoms with Crippen LogP contribution in [0.3, 0.4) is 0 Å². The fourth-order valence-electron chi connectivity index (χ4n) is 2.59. The molecule has 1 rings (SSSR count). The summed E-state index contributed by atoms with van der Waals surface area (Å²) in [5, 5.41) is 0. The molecule has 4 atom stereocenters. The molecule has 0 aromatic carbocycles. The normalized spacial score (nSPS) is 31.4. The maximum Gasteiger partial charge on any atom is 0.239 e. The number of rotatable bonds is 4. The second-order valence-corrected chi connectivity index (χ2v) is 6.42. The minimum atomic E-state index is -0.317. The highest BCUT2D eigenvalue weighted by Crippen LogP contribution is 2.27. The number of carbonyl (C=O) groups excluding carboxylic acids is 1. The monoisotopic (exact) mass is 258 g/mol. The molecule has 1 aliphatic heterocycles. The minimum absolute atomic E-state index is 0.143. The number of amides is 1. The summed E-state index contributed by atoms with van der Waals surface area (Å²) in [6.07, 6.45) is 4.04. The van der Waals surface area contributed by atoms with Crippen molar-refractivity contribution in [3.05, 3.63) is 0 Å². The van der Waals surface area contributed by atoms with Gasteiger partial charge in [-0.2, -0.15) is 11.8 Å². The van der Waals surface area contributed by atoms with Gasteiger partial charge in [-0.1, -0.05) is 13.8 Å². The highest BCUT2D eigenvalue weighted by Gasteiger charge is 2.33. The van der Waals surface area contributed by atoms with Crippen molar-refractivity contribution in [1.29, 1.82) is 0 Å². The summed E-state index contributed by atoms with van der Waals surface area (Å²) in [5.74, 6) is 2.28. The van der Waals surface area contributed by atoms with Crippen molar-refractivity contribution in [3.8, 4) is 0 Å². The van der Waals surface area contributed by atoms with Gasteiger partial charge in [-0.15, -0.1) is 0 Å². The van der Waals surface area contributed by atoms with Gasteiger partial charge in [0.15, 0.2) is 0 Å². The summed E-state index contributed by atoms with van der Waals surface area (Å²) in [6.45, 7) is 7.47. The Kier molecular flexibility index (Phi) is 5.80. The molecule has 17 heavy (non-hydrogen) atoms. The van der Waals surface area contributed by atoms with Crippen molar-refractivity contribution >= 4 is 17.7 Å².